The van der Waals surface area contributed by atoms with E-state index in [0.29, 0.717) is 12.0 Å². The van der Waals surface area contributed by atoms with Gasteiger partial charge in [-0.3, -0.25) is 0 Å². The number of rotatable bonds is 1. The second kappa shape index (κ2) is 1.48. The number of carboxylic acids is 1. The fourth-order valence-corrected chi connectivity index (χ4v) is 1.34. The largest absolute Gasteiger partial charge is 0.479 e. The van der Waals surface area contributed by atoms with Gasteiger partial charge in [0, 0.05) is 0 Å². The molecule has 3 nitrogen and oxygen atoms in total. The van der Waals surface area contributed by atoms with Crippen LogP contribution in [0.1, 0.15) is 12.8 Å². The normalized spacial score (nSPS) is 46.4. The molecular weight excluding hydrogens is 120 g/mol. The van der Waals surface area contributed by atoms with Crippen molar-refractivity contribution in [1.29, 1.82) is 0 Å². The Hall–Kier alpha value is -0.570. The Morgan fingerprint density at radius 3 is 2.67 bits per heavy atom. The summed E-state index contributed by atoms with van der Waals surface area (Å²) in [5.74, 6) is -0.228. The summed E-state index contributed by atoms with van der Waals surface area (Å²) in [4.78, 5) is 10.2. The molecule has 2 aliphatic rings. The number of carbonyl (C=O) groups is 1. The number of hydrogen-bond donors (Lipinski definition) is 1. The van der Waals surface area contributed by atoms with Crippen LogP contribution >= 0.6 is 0 Å². The third-order valence-electron chi connectivity index (χ3n) is 1.99. The number of aliphatic carboxylic acids is 1. The zero-order valence-electron chi connectivity index (χ0n) is 4.91. The highest BCUT2D eigenvalue weighted by Crippen LogP contribution is 2.45. The molecule has 0 aromatic rings. The fourth-order valence-electron chi connectivity index (χ4n) is 1.34. The van der Waals surface area contributed by atoms with E-state index in [9.17, 15) is 4.79 Å². The lowest BCUT2D eigenvalue weighted by Crippen LogP contribution is -2.20. The summed E-state index contributed by atoms with van der Waals surface area (Å²) < 4.78 is 5.10. The van der Waals surface area contributed by atoms with Crippen molar-refractivity contribution in [2.75, 3.05) is 0 Å². The summed E-state index contributed by atoms with van der Waals surface area (Å²) in [6.07, 6.45) is 1.63. The molecule has 0 bridgehead atoms. The first kappa shape index (κ1) is 5.23. The van der Waals surface area contributed by atoms with E-state index in [1.807, 2.05) is 0 Å². The van der Waals surface area contributed by atoms with E-state index in [1.165, 1.54) is 0 Å². The zero-order chi connectivity index (χ0) is 6.43. The third kappa shape index (κ3) is 0.721. The smallest absolute Gasteiger partial charge is 0.332 e. The highest BCUT2D eigenvalue weighted by Gasteiger charge is 2.49. The van der Waals surface area contributed by atoms with Gasteiger partial charge in [-0.2, -0.15) is 0 Å². The molecule has 2 rings (SSSR count). The van der Waals surface area contributed by atoms with Gasteiger partial charge in [0.05, 0.1) is 6.10 Å². The van der Waals surface area contributed by atoms with Crippen LogP contribution in [0.4, 0.5) is 0 Å². The first-order valence-corrected chi connectivity index (χ1v) is 3.15. The highest BCUT2D eigenvalue weighted by molar-refractivity contribution is 5.72. The summed E-state index contributed by atoms with van der Waals surface area (Å²) in [7, 11) is 0. The van der Waals surface area contributed by atoms with Gasteiger partial charge in [0.15, 0.2) is 6.10 Å². The van der Waals surface area contributed by atoms with Crippen LogP contribution in [0, 0.1) is 5.92 Å². The molecule has 1 saturated carbocycles. The Morgan fingerprint density at radius 2 is 2.33 bits per heavy atom. The van der Waals surface area contributed by atoms with Crippen molar-refractivity contribution in [3.05, 3.63) is 0 Å². The van der Waals surface area contributed by atoms with E-state index in [2.05, 4.69) is 0 Å². The van der Waals surface area contributed by atoms with Crippen molar-refractivity contribution in [1.82, 2.24) is 0 Å². The topological polar surface area (TPSA) is 46.5 Å². The molecule has 1 heterocycles. The molecule has 1 N–H and O–H groups in total. The number of hydrogen-bond acceptors (Lipinski definition) is 2. The summed E-state index contributed by atoms with van der Waals surface area (Å²) in [6, 6.07) is 0. The van der Waals surface area contributed by atoms with Gasteiger partial charge in [-0.1, -0.05) is 0 Å². The van der Waals surface area contributed by atoms with Crippen LogP contribution in [0.5, 0.6) is 0 Å². The third-order valence-corrected chi connectivity index (χ3v) is 1.99. The Labute approximate surface area is 52.6 Å². The molecule has 1 aliphatic heterocycles. The van der Waals surface area contributed by atoms with E-state index in [0.717, 1.165) is 12.8 Å². The number of ether oxygens (including phenoxy) is 1. The predicted molar refractivity (Wildman–Crippen MR) is 29.0 cm³/mol. The van der Waals surface area contributed by atoms with Crippen LogP contribution in [0.3, 0.4) is 0 Å². The molecule has 0 amide bonds. The summed E-state index contributed by atoms with van der Waals surface area (Å²) in [6.45, 7) is 0. The van der Waals surface area contributed by atoms with Crippen molar-refractivity contribution >= 4 is 5.97 Å². The Kier molecular flexibility index (Phi) is 0.858. The van der Waals surface area contributed by atoms with E-state index < -0.39 is 12.1 Å². The number of carboxylic acid groups (broad SMARTS) is 1. The summed E-state index contributed by atoms with van der Waals surface area (Å²) >= 11 is 0. The van der Waals surface area contributed by atoms with Gasteiger partial charge in [-0.15, -0.1) is 0 Å². The first-order valence-electron chi connectivity index (χ1n) is 3.15. The summed E-state index contributed by atoms with van der Waals surface area (Å²) in [5.41, 5.74) is 0. The monoisotopic (exact) mass is 128 g/mol. The molecule has 0 spiro atoms. The Bertz CT molecular complexity index is 144. The van der Waals surface area contributed by atoms with Gasteiger partial charge in [-0.25, -0.2) is 4.79 Å². The molecule has 1 aliphatic carbocycles. The van der Waals surface area contributed by atoms with Crippen LogP contribution < -0.4 is 0 Å². The van der Waals surface area contributed by atoms with Gasteiger partial charge in [0.2, 0.25) is 0 Å². The minimum atomic E-state index is -0.804. The minimum absolute atomic E-state index is 0.297. The van der Waals surface area contributed by atoms with Crippen molar-refractivity contribution in [2.24, 2.45) is 5.92 Å². The molecule has 0 aromatic carbocycles. The molecule has 3 heteroatoms. The maximum Gasteiger partial charge on any atom is 0.332 e. The average Bonchev–Trinajstić information content (AvgIpc) is 2.40. The molecule has 0 radical (unpaired) electrons. The van der Waals surface area contributed by atoms with Gasteiger partial charge in [0.1, 0.15) is 0 Å². The second-order valence-corrected chi connectivity index (χ2v) is 2.73. The maximum atomic E-state index is 10.2. The molecule has 0 aromatic heterocycles. The molecule has 3 unspecified atom stereocenters. The molecule has 50 valence electrons. The quantitative estimate of drug-likeness (QED) is 0.550. The Morgan fingerprint density at radius 1 is 1.56 bits per heavy atom. The lowest BCUT2D eigenvalue weighted by atomic mass is 10.2. The van der Waals surface area contributed by atoms with E-state index in [4.69, 9.17) is 9.84 Å². The maximum absolute atomic E-state index is 10.2. The van der Waals surface area contributed by atoms with Crippen molar-refractivity contribution in [3.63, 3.8) is 0 Å². The van der Waals surface area contributed by atoms with Crippen molar-refractivity contribution in [2.45, 2.75) is 25.0 Å². The minimum Gasteiger partial charge on any atom is -0.479 e. The first-order chi connectivity index (χ1) is 4.27. The van der Waals surface area contributed by atoms with Crippen LogP contribution in [0.25, 0.3) is 0 Å². The molecule has 9 heavy (non-hydrogen) atoms. The van der Waals surface area contributed by atoms with Crippen LogP contribution in [-0.2, 0) is 9.53 Å². The van der Waals surface area contributed by atoms with Gasteiger partial charge in [0.25, 0.3) is 0 Å². The lowest BCUT2D eigenvalue weighted by molar-refractivity contribution is -0.148. The van der Waals surface area contributed by atoms with Crippen LogP contribution in [0.15, 0.2) is 0 Å². The molecule has 1 saturated heterocycles. The molecular formula is C6H8O3. The standard InChI is InChI=1S/C6H8O3/c7-6(8)5-2-3-1-4(3)9-5/h3-5H,1-2H2,(H,7,8). The van der Waals surface area contributed by atoms with E-state index in [1.54, 1.807) is 0 Å². The summed E-state index contributed by atoms with van der Waals surface area (Å²) in [5, 5.41) is 8.43. The van der Waals surface area contributed by atoms with Crippen molar-refractivity contribution in [3.8, 4) is 0 Å². The SMILES string of the molecule is O=C(O)C1CC2CC2O1. The fraction of sp³-hybridized carbons (Fsp3) is 0.833. The van der Waals surface area contributed by atoms with Gasteiger partial charge < -0.3 is 9.84 Å². The number of fused-ring (bicyclic) bond motifs is 1. The Balaban J connectivity index is 1.97. The van der Waals surface area contributed by atoms with Gasteiger partial charge in [-0.05, 0) is 18.8 Å². The van der Waals surface area contributed by atoms with E-state index >= 15 is 0 Å². The van der Waals surface area contributed by atoms with Gasteiger partial charge >= 0.3 is 5.97 Å². The average molecular weight is 128 g/mol. The lowest BCUT2D eigenvalue weighted by Gasteiger charge is -2.03. The molecule has 3 atom stereocenters. The zero-order valence-corrected chi connectivity index (χ0v) is 4.91. The van der Waals surface area contributed by atoms with Crippen molar-refractivity contribution < 1.29 is 14.6 Å². The molecule has 2 fully saturated rings. The van der Waals surface area contributed by atoms with Crippen LogP contribution in [-0.4, -0.2) is 23.3 Å². The predicted octanol–water partition coefficient (Wildman–Crippen LogP) is 0.248. The van der Waals surface area contributed by atoms with E-state index in [-0.39, 0.29) is 0 Å². The second-order valence-electron chi connectivity index (χ2n) is 2.73. The van der Waals surface area contributed by atoms with Crippen LogP contribution in [0.2, 0.25) is 0 Å². The highest BCUT2D eigenvalue weighted by atomic mass is 16.5.